The number of carbonyl (C=O) groups excluding carboxylic acids is 1. The molecule has 0 bridgehead atoms. The number of hydrogen-bond donors (Lipinski definition) is 1. The van der Waals surface area contributed by atoms with Gasteiger partial charge < -0.3 is 9.88 Å². The molecular formula is C19H20N4OS2. The Kier molecular flexibility index (Phi) is 6.00. The van der Waals surface area contributed by atoms with Crippen molar-refractivity contribution < 1.29 is 4.79 Å². The van der Waals surface area contributed by atoms with Crippen molar-refractivity contribution >= 4 is 35.1 Å². The van der Waals surface area contributed by atoms with Crippen LogP contribution in [0.15, 0.2) is 63.7 Å². The molecule has 0 saturated carbocycles. The maximum atomic E-state index is 12.2. The van der Waals surface area contributed by atoms with Crippen LogP contribution < -0.4 is 5.32 Å². The number of aromatic nitrogens is 3. The number of carbonyl (C=O) groups is 1. The van der Waals surface area contributed by atoms with Gasteiger partial charge in [0.1, 0.15) is 6.33 Å². The Bertz CT molecular complexity index is 906. The van der Waals surface area contributed by atoms with E-state index in [1.165, 1.54) is 22.9 Å². The van der Waals surface area contributed by atoms with Crippen LogP contribution in [0.4, 0.5) is 5.69 Å². The molecule has 3 rings (SSSR count). The van der Waals surface area contributed by atoms with Crippen LogP contribution in [0.25, 0.3) is 0 Å². The second kappa shape index (κ2) is 8.42. The van der Waals surface area contributed by atoms with Crippen LogP contribution in [0.5, 0.6) is 0 Å². The van der Waals surface area contributed by atoms with E-state index >= 15 is 0 Å². The number of amides is 1. The van der Waals surface area contributed by atoms with Crippen LogP contribution in [0.2, 0.25) is 0 Å². The molecule has 1 amide bonds. The third-order valence-electron chi connectivity index (χ3n) is 3.72. The Hall–Kier alpha value is -2.25. The van der Waals surface area contributed by atoms with Crippen molar-refractivity contribution in [3.8, 4) is 0 Å². The minimum absolute atomic E-state index is 0.00962. The lowest BCUT2D eigenvalue weighted by Gasteiger charge is -2.08. The standard InChI is InChI=1S/C19H20N4OS2/c1-13-4-5-14(2)17(10-13)25-11-18(24)21-15-6-8-16(9-7-15)26-19-22-20-12-23(19)3/h4-10,12H,11H2,1-3H3,(H,21,24). The van der Waals surface area contributed by atoms with Crippen LogP contribution in [0.1, 0.15) is 11.1 Å². The van der Waals surface area contributed by atoms with Crippen LogP contribution in [-0.4, -0.2) is 26.4 Å². The van der Waals surface area contributed by atoms with E-state index in [1.54, 1.807) is 18.1 Å². The number of nitrogens with one attached hydrogen (secondary N) is 1. The Morgan fingerprint density at radius 2 is 1.92 bits per heavy atom. The molecule has 0 unspecified atom stereocenters. The second-order valence-corrected chi connectivity index (χ2v) is 8.01. The summed E-state index contributed by atoms with van der Waals surface area (Å²) in [7, 11) is 1.91. The highest BCUT2D eigenvalue weighted by Crippen LogP contribution is 2.27. The molecule has 0 aliphatic heterocycles. The first kappa shape index (κ1) is 18.5. The molecule has 7 heteroatoms. The van der Waals surface area contributed by atoms with Gasteiger partial charge in [-0.3, -0.25) is 4.79 Å². The van der Waals surface area contributed by atoms with Gasteiger partial charge >= 0.3 is 0 Å². The predicted octanol–water partition coefficient (Wildman–Crippen LogP) is 4.31. The van der Waals surface area contributed by atoms with Crippen molar-refractivity contribution in [2.45, 2.75) is 28.8 Å². The van der Waals surface area contributed by atoms with Crippen LogP contribution in [-0.2, 0) is 11.8 Å². The smallest absolute Gasteiger partial charge is 0.234 e. The first-order valence-corrected chi connectivity index (χ1v) is 9.93. The molecule has 134 valence electrons. The van der Waals surface area contributed by atoms with E-state index in [9.17, 15) is 4.79 Å². The molecule has 0 radical (unpaired) electrons. The van der Waals surface area contributed by atoms with Crippen molar-refractivity contribution in [2.24, 2.45) is 7.05 Å². The van der Waals surface area contributed by atoms with E-state index in [0.717, 1.165) is 20.6 Å². The van der Waals surface area contributed by atoms with E-state index in [1.807, 2.05) is 35.9 Å². The molecule has 0 aliphatic rings. The lowest BCUT2D eigenvalue weighted by atomic mass is 10.2. The molecule has 0 spiro atoms. The summed E-state index contributed by atoms with van der Waals surface area (Å²) in [6.45, 7) is 4.12. The van der Waals surface area contributed by atoms with Crippen molar-refractivity contribution in [3.05, 3.63) is 59.9 Å². The third-order valence-corrected chi connectivity index (χ3v) is 5.94. The molecule has 2 aromatic carbocycles. The zero-order valence-corrected chi connectivity index (χ0v) is 16.5. The van der Waals surface area contributed by atoms with Gasteiger partial charge in [-0.05, 0) is 61.5 Å². The summed E-state index contributed by atoms with van der Waals surface area (Å²) in [6.07, 6.45) is 1.67. The summed E-state index contributed by atoms with van der Waals surface area (Å²) < 4.78 is 1.87. The number of rotatable bonds is 6. The Morgan fingerprint density at radius 3 is 2.62 bits per heavy atom. The van der Waals surface area contributed by atoms with Gasteiger partial charge in [0.05, 0.1) is 5.75 Å². The Morgan fingerprint density at radius 1 is 1.15 bits per heavy atom. The van der Waals surface area contributed by atoms with E-state index in [-0.39, 0.29) is 5.91 Å². The van der Waals surface area contributed by atoms with E-state index in [4.69, 9.17) is 0 Å². The zero-order valence-electron chi connectivity index (χ0n) is 14.9. The van der Waals surface area contributed by atoms with E-state index < -0.39 is 0 Å². The number of nitrogens with zero attached hydrogens (tertiary/aromatic N) is 3. The fourth-order valence-corrected chi connectivity index (χ4v) is 3.97. The van der Waals surface area contributed by atoms with Gasteiger partial charge in [0.25, 0.3) is 0 Å². The highest BCUT2D eigenvalue weighted by molar-refractivity contribution is 8.00. The zero-order chi connectivity index (χ0) is 18.5. The quantitative estimate of drug-likeness (QED) is 0.642. The van der Waals surface area contributed by atoms with Crippen molar-refractivity contribution in [1.82, 2.24) is 14.8 Å². The fourth-order valence-electron chi connectivity index (χ4n) is 2.28. The van der Waals surface area contributed by atoms with Gasteiger partial charge in [0, 0.05) is 22.5 Å². The molecule has 0 aliphatic carbocycles. The number of benzene rings is 2. The van der Waals surface area contributed by atoms with E-state index in [2.05, 4.69) is 47.6 Å². The molecule has 1 heterocycles. The molecular weight excluding hydrogens is 364 g/mol. The largest absolute Gasteiger partial charge is 0.325 e. The molecule has 26 heavy (non-hydrogen) atoms. The van der Waals surface area contributed by atoms with E-state index in [0.29, 0.717) is 5.75 Å². The molecule has 5 nitrogen and oxygen atoms in total. The third kappa shape index (κ3) is 4.89. The normalized spacial score (nSPS) is 10.7. The Labute approximate surface area is 161 Å². The maximum absolute atomic E-state index is 12.2. The topological polar surface area (TPSA) is 59.8 Å². The summed E-state index contributed by atoms with van der Waals surface area (Å²) >= 11 is 3.09. The first-order valence-electron chi connectivity index (χ1n) is 8.13. The lowest BCUT2D eigenvalue weighted by molar-refractivity contribution is -0.113. The van der Waals surface area contributed by atoms with Gasteiger partial charge in [-0.25, -0.2) is 0 Å². The molecule has 0 fully saturated rings. The van der Waals surface area contributed by atoms with Crippen LogP contribution in [0, 0.1) is 13.8 Å². The number of aryl methyl sites for hydroxylation is 3. The number of thioether (sulfide) groups is 1. The van der Waals surface area contributed by atoms with Gasteiger partial charge in [-0.15, -0.1) is 22.0 Å². The lowest BCUT2D eigenvalue weighted by Crippen LogP contribution is -2.14. The summed E-state index contributed by atoms with van der Waals surface area (Å²) in [5, 5.41) is 11.7. The minimum atomic E-state index is -0.00962. The monoisotopic (exact) mass is 384 g/mol. The summed E-state index contributed by atoms with van der Waals surface area (Å²) in [4.78, 5) is 14.4. The highest BCUT2D eigenvalue weighted by atomic mass is 32.2. The molecule has 0 atom stereocenters. The summed E-state index contributed by atoms with van der Waals surface area (Å²) in [6, 6.07) is 14.0. The molecule has 1 aromatic heterocycles. The highest BCUT2D eigenvalue weighted by Gasteiger charge is 2.07. The van der Waals surface area contributed by atoms with Crippen molar-refractivity contribution in [3.63, 3.8) is 0 Å². The van der Waals surface area contributed by atoms with Gasteiger partial charge in [0.2, 0.25) is 5.91 Å². The second-order valence-electron chi connectivity index (χ2n) is 5.96. The number of hydrogen-bond acceptors (Lipinski definition) is 5. The molecule has 3 aromatic rings. The molecule has 0 saturated heterocycles. The Balaban J connectivity index is 1.54. The average Bonchev–Trinajstić information content (AvgIpc) is 3.02. The average molecular weight is 385 g/mol. The predicted molar refractivity (Wildman–Crippen MR) is 107 cm³/mol. The first-order chi connectivity index (χ1) is 12.5. The molecule has 1 N–H and O–H groups in total. The van der Waals surface area contributed by atoms with Gasteiger partial charge in [0.15, 0.2) is 5.16 Å². The van der Waals surface area contributed by atoms with Crippen molar-refractivity contribution in [1.29, 1.82) is 0 Å². The fraction of sp³-hybridized carbons (Fsp3) is 0.211. The summed E-state index contributed by atoms with van der Waals surface area (Å²) in [5.41, 5.74) is 3.19. The minimum Gasteiger partial charge on any atom is -0.325 e. The van der Waals surface area contributed by atoms with Crippen LogP contribution >= 0.6 is 23.5 Å². The van der Waals surface area contributed by atoms with Crippen LogP contribution in [0.3, 0.4) is 0 Å². The van der Waals surface area contributed by atoms with Gasteiger partial charge in [-0.1, -0.05) is 17.7 Å². The van der Waals surface area contributed by atoms with Gasteiger partial charge in [-0.2, -0.15) is 0 Å². The summed E-state index contributed by atoms with van der Waals surface area (Å²) in [5.74, 6) is 0.379. The van der Waals surface area contributed by atoms with Crippen molar-refractivity contribution in [2.75, 3.05) is 11.1 Å². The number of anilines is 1. The SMILES string of the molecule is Cc1ccc(C)c(SCC(=O)Nc2ccc(Sc3nncn3C)cc2)c1. The maximum Gasteiger partial charge on any atom is 0.234 e.